The molecule has 3 rings (SSSR count). The molecule has 3 aromatic rings. The van der Waals surface area contributed by atoms with E-state index in [4.69, 9.17) is 0 Å². The molecule has 0 amide bonds. The van der Waals surface area contributed by atoms with Gasteiger partial charge in [-0.2, -0.15) is 13.2 Å². The van der Waals surface area contributed by atoms with Crippen molar-refractivity contribution in [2.24, 2.45) is 0 Å². The highest BCUT2D eigenvalue weighted by atomic mass is 19.4. The fourth-order valence-electron chi connectivity index (χ4n) is 2.44. The third-order valence-corrected chi connectivity index (χ3v) is 3.66. The normalized spacial score (nSPS) is 11.5. The van der Waals surface area contributed by atoms with Crippen molar-refractivity contribution in [1.29, 1.82) is 0 Å². The molecule has 0 radical (unpaired) electrons. The van der Waals surface area contributed by atoms with Crippen LogP contribution in [-0.4, -0.2) is 10.0 Å². The van der Waals surface area contributed by atoms with E-state index in [2.05, 4.69) is 5.32 Å². The average molecular weight is 348 g/mol. The highest BCUT2D eigenvalue weighted by Gasteiger charge is 2.33. The van der Waals surface area contributed by atoms with E-state index in [0.717, 1.165) is 22.9 Å². The predicted octanol–water partition coefficient (Wildman–Crippen LogP) is 5.22. The second kappa shape index (κ2) is 5.97. The number of nitrogens with one attached hydrogen (secondary N) is 1. The number of alkyl halides is 3. The van der Waals surface area contributed by atoms with E-state index in [1.54, 1.807) is 30.3 Å². The Hall–Kier alpha value is -3.29. The number of benzene rings is 3. The molecule has 0 bridgehead atoms. The number of nitro groups is 1. The Labute approximate surface area is 139 Å². The van der Waals surface area contributed by atoms with Crippen molar-refractivity contribution in [2.45, 2.75) is 6.18 Å². The van der Waals surface area contributed by atoms with Crippen LogP contribution in [0, 0.1) is 10.1 Å². The van der Waals surface area contributed by atoms with E-state index in [1.807, 2.05) is 0 Å². The largest absolute Gasteiger partial charge is 0.506 e. The lowest BCUT2D eigenvalue weighted by atomic mass is 10.1. The highest BCUT2D eigenvalue weighted by Crippen LogP contribution is 2.38. The molecule has 0 aliphatic heterocycles. The van der Waals surface area contributed by atoms with E-state index in [-0.39, 0.29) is 17.1 Å². The van der Waals surface area contributed by atoms with Crippen LogP contribution in [0.4, 0.5) is 30.2 Å². The summed E-state index contributed by atoms with van der Waals surface area (Å²) in [5, 5.41) is 25.3. The number of nitro benzene ring substituents is 1. The summed E-state index contributed by atoms with van der Waals surface area (Å²) >= 11 is 0. The highest BCUT2D eigenvalue weighted by molar-refractivity contribution is 5.90. The first-order chi connectivity index (χ1) is 11.8. The van der Waals surface area contributed by atoms with Gasteiger partial charge >= 0.3 is 6.18 Å². The fourth-order valence-corrected chi connectivity index (χ4v) is 2.44. The number of anilines is 2. The van der Waals surface area contributed by atoms with Crippen molar-refractivity contribution in [2.75, 3.05) is 5.32 Å². The van der Waals surface area contributed by atoms with Gasteiger partial charge < -0.3 is 10.4 Å². The standard InChI is InChI=1S/C17H11F3N2O3/c18-17(19,20)12-5-6-13(15(9-12)22(24)25)21-14-7-10-3-1-2-4-11(10)8-16(14)23/h1-9,21,23H. The first-order valence-corrected chi connectivity index (χ1v) is 7.10. The number of rotatable bonds is 3. The zero-order valence-electron chi connectivity index (χ0n) is 12.5. The van der Waals surface area contributed by atoms with Gasteiger partial charge in [-0.1, -0.05) is 24.3 Å². The molecule has 128 valence electrons. The Balaban J connectivity index is 2.06. The number of aromatic hydroxyl groups is 1. The van der Waals surface area contributed by atoms with E-state index in [0.29, 0.717) is 6.07 Å². The Morgan fingerprint density at radius 3 is 2.20 bits per heavy atom. The Morgan fingerprint density at radius 1 is 0.960 bits per heavy atom. The molecular formula is C17H11F3N2O3. The summed E-state index contributed by atoms with van der Waals surface area (Å²) in [6.07, 6.45) is -4.69. The minimum Gasteiger partial charge on any atom is -0.506 e. The first-order valence-electron chi connectivity index (χ1n) is 7.10. The summed E-state index contributed by atoms with van der Waals surface area (Å²) in [7, 11) is 0. The van der Waals surface area contributed by atoms with E-state index in [9.17, 15) is 28.4 Å². The van der Waals surface area contributed by atoms with Crippen molar-refractivity contribution in [1.82, 2.24) is 0 Å². The van der Waals surface area contributed by atoms with E-state index < -0.39 is 22.4 Å². The monoisotopic (exact) mass is 348 g/mol. The maximum absolute atomic E-state index is 12.7. The molecule has 0 spiro atoms. The lowest BCUT2D eigenvalue weighted by Crippen LogP contribution is -2.06. The molecule has 0 fully saturated rings. The van der Waals surface area contributed by atoms with Gasteiger partial charge in [-0.3, -0.25) is 10.1 Å². The predicted molar refractivity (Wildman–Crippen MR) is 87.0 cm³/mol. The summed E-state index contributed by atoms with van der Waals surface area (Å²) in [5.41, 5.74) is -1.85. The number of nitrogens with zero attached hydrogens (tertiary/aromatic N) is 1. The summed E-state index contributed by atoms with van der Waals surface area (Å²) < 4.78 is 38.2. The van der Waals surface area contributed by atoms with Gasteiger partial charge in [-0.05, 0) is 35.0 Å². The quantitative estimate of drug-likeness (QED) is 0.387. The zero-order chi connectivity index (χ0) is 18.2. The average Bonchev–Trinajstić information content (AvgIpc) is 2.54. The number of hydrogen-bond donors (Lipinski definition) is 2. The number of hydrogen-bond acceptors (Lipinski definition) is 4. The van der Waals surface area contributed by atoms with E-state index in [1.165, 1.54) is 6.07 Å². The molecule has 0 aliphatic rings. The van der Waals surface area contributed by atoms with Gasteiger partial charge in [-0.15, -0.1) is 0 Å². The molecule has 0 saturated carbocycles. The molecule has 3 aromatic carbocycles. The Kier molecular flexibility index (Phi) is 3.96. The van der Waals surface area contributed by atoms with Crippen LogP contribution in [-0.2, 0) is 6.18 Å². The molecule has 0 heterocycles. The van der Waals surface area contributed by atoms with Crippen LogP contribution in [0.3, 0.4) is 0 Å². The van der Waals surface area contributed by atoms with Crippen LogP contribution in [0.2, 0.25) is 0 Å². The van der Waals surface area contributed by atoms with Crippen LogP contribution in [0.1, 0.15) is 5.56 Å². The minimum atomic E-state index is -4.69. The molecule has 8 heteroatoms. The zero-order valence-corrected chi connectivity index (χ0v) is 12.5. The first kappa shape index (κ1) is 16.6. The number of phenols is 1. The van der Waals surface area contributed by atoms with Crippen LogP contribution in [0.5, 0.6) is 5.75 Å². The van der Waals surface area contributed by atoms with Gasteiger partial charge in [-0.25, -0.2) is 0 Å². The number of phenolic OH excluding ortho intramolecular Hbond substituents is 1. The smallest absolute Gasteiger partial charge is 0.416 e. The molecule has 5 nitrogen and oxygen atoms in total. The third-order valence-electron chi connectivity index (χ3n) is 3.66. The molecule has 0 aliphatic carbocycles. The van der Waals surface area contributed by atoms with Crippen molar-refractivity contribution < 1.29 is 23.2 Å². The van der Waals surface area contributed by atoms with Crippen LogP contribution in [0.15, 0.2) is 54.6 Å². The number of fused-ring (bicyclic) bond motifs is 1. The van der Waals surface area contributed by atoms with Gasteiger partial charge in [0, 0.05) is 6.07 Å². The summed E-state index contributed by atoms with van der Waals surface area (Å²) in [5.74, 6) is -0.173. The lowest BCUT2D eigenvalue weighted by Gasteiger charge is -2.12. The molecule has 2 N–H and O–H groups in total. The summed E-state index contributed by atoms with van der Waals surface area (Å²) in [4.78, 5) is 10.2. The van der Waals surface area contributed by atoms with Crippen LogP contribution < -0.4 is 5.32 Å². The second-order valence-electron chi connectivity index (χ2n) is 5.33. The van der Waals surface area contributed by atoms with Crippen molar-refractivity contribution in [3.05, 3.63) is 70.3 Å². The SMILES string of the molecule is O=[N+]([O-])c1cc(C(F)(F)F)ccc1Nc1cc2ccccc2cc1O. The molecule has 0 atom stereocenters. The molecular weight excluding hydrogens is 337 g/mol. The molecule has 25 heavy (non-hydrogen) atoms. The second-order valence-corrected chi connectivity index (χ2v) is 5.33. The van der Waals surface area contributed by atoms with Crippen LogP contribution >= 0.6 is 0 Å². The summed E-state index contributed by atoms with van der Waals surface area (Å²) in [6.45, 7) is 0. The topological polar surface area (TPSA) is 75.4 Å². The Bertz CT molecular complexity index is 971. The van der Waals surface area contributed by atoms with Gasteiger partial charge in [0.05, 0.1) is 16.2 Å². The van der Waals surface area contributed by atoms with Crippen molar-refractivity contribution in [3.8, 4) is 5.75 Å². The van der Waals surface area contributed by atoms with Gasteiger partial charge in [0.25, 0.3) is 5.69 Å². The van der Waals surface area contributed by atoms with E-state index >= 15 is 0 Å². The van der Waals surface area contributed by atoms with Crippen LogP contribution in [0.25, 0.3) is 10.8 Å². The lowest BCUT2D eigenvalue weighted by molar-refractivity contribution is -0.384. The van der Waals surface area contributed by atoms with Crippen molar-refractivity contribution in [3.63, 3.8) is 0 Å². The van der Waals surface area contributed by atoms with Gasteiger partial charge in [0.15, 0.2) is 0 Å². The number of halogens is 3. The fraction of sp³-hybridized carbons (Fsp3) is 0.0588. The van der Waals surface area contributed by atoms with Gasteiger partial charge in [0.1, 0.15) is 11.4 Å². The molecule has 0 saturated heterocycles. The molecule has 0 aromatic heterocycles. The Morgan fingerprint density at radius 2 is 1.60 bits per heavy atom. The summed E-state index contributed by atoms with van der Waals surface area (Å²) in [6, 6.07) is 12.3. The minimum absolute atomic E-state index is 0.149. The van der Waals surface area contributed by atoms with Gasteiger partial charge in [0.2, 0.25) is 0 Å². The maximum atomic E-state index is 12.7. The van der Waals surface area contributed by atoms with Crippen molar-refractivity contribution >= 4 is 27.8 Å². The third kappa shape index (κ3) is 3.32. The molecule has 0 unspecified atom stereocenters. The maximum Gasteiger partial charge on any atom is 0.416 e.